The number of rotatable bonds is 7. The van der Waals surface area contributed by atoms with Gasteiger partial charge in [0.25, 0.3) is 0 Å². The first-order chi connectivity index (χ1) is 10.6. The third-order valence-electron chi connectivity index (χ3n) is 3.65. The molecule has 0 bridgehead atoms. The van der Waals surface area contributed by atoms with Gasteiger partial charge in [-0.2, -0.15) is 0 Å². The summed E-state index contributed by atoms with van der Waals surface area (Å²) in [5.74, 6) is 0.891. The van der Waals surface area contributed by atoms with Crippen LogP contribution in [0.25, 0.3) is 0 Å². The number of hydrogen-bond donors (Lipinski definition) is 1. The Morgan fingerprint density at radius 3 is 2.55 bits per heavy atom. The first kappa shape index (κ1) is 16.1. The molecule has 116 valence electrons. The lowest BCUT2D eigenvalue weighted by Gasteiger charge is -2.08. The maximum Gasteiger partial charge on any atom is 0.220 e. The van der Waals surface area contributed by atoms with Gasteiger partial charge in [0.2, 0.25) is 5.91 Å². The van der Waals surface area contributed by atoms with Gasteiger partial charge >= 0.3 is 0 Å². The van der Waals surface area contributed by atoms with Crippen molar-refractivity contribution in [3.63, 3.8) is 0 Å². The zero-order valence-corrected chi connectivity index (χ0v) is 13.3. The van der Waals surface area contributed by atoms with E-state index in [1.54, 1.807) is 0 Å². The highest BCUT2D eigenvalue weighted by Crippen LogP contribution is 2.11. The minimum atomic E-state index is 0.0647. The number of aryl methyl sites for hydroxylation is 3. The lowest BCUT2D eigenvalue weighted by molar-refractivity contribution is -0.121. The topological polar surface area (TPSA) is 38.3 Å². The van der Waals surface area contributed by atoms with Gasteiger partial charge in [-0.1, -0.05) is 36.4 Å². The number of para-hydroxylation sites is 1. The fraction of sp³-hybridized carbons (Fsp3) is 0.316. The first-order valence-electron chi connectivity index (χ1n) is 7.66. The molecule has 0 aromatic heterocycles. The molecule has 0 heterocycles. The van der Waals surface area contributed by atoms with E-state index in [0.717, 1.165) is 12.2 Å². The fourth-order valence-corrected chi connectivity index (χ4v) is 2.18. The number of ether oxygens (including phenoxy) is 1. The van der Waals surface area contributed by atoms with Crippen LogP contribution in [0.4, 0.5) is 0 Å². The molecule has 22 heavy (non-hydrogen) atoms. The molecule has 1 amide bonds. The highest BCUT2D eigenvalue weighted by atomic mass is 16.5. The zero-order valence-electron chi connectivity index (χ0n) is 13.3. The largest absolute Gasteiger partial charge is 0.492 e. The van der Waals surface area contributed by atoms with Crippen molar-refractivity contribution in [3.05, 3.63) is 65.2 Å². The van der Waals surface area contributed by atoms with E-state index >= 15 is 0 Å². The van der Waals surface area contributed by atoms with Crippen LogP contribution in [0.1, 0.15) is 23.1 Å². The molecule has 0 aliphatic heterocycles. The summed E-state index contributed by atoms with van der Waals surface area (Å²) in [6.07, 6.45) is 1.28. The predicted molar refractivity (Wildman–Crippen MR) is 89.2 cm³/mol. The Kier molecular flexibility index (Phi) is 6.01. The van der Waals surface area contributed by atoms with Gasteiger partial charge in [0.1, 0.15) is 12.4 Å². The molecule has 0 unspecified atom stereocenters. The van der Waals surface area contributed by atoms with Crippen LogP contribution in [-0.4, -0.2) is 19.1 Å². The molecular formula is C19H23NO2. The molecule has 0 radical (unpaired) electrons. The van der Waals surface area contributed by atoms with Gasteiger partial charge in [-0.3, -0.25) is 4.79 Å². The second-order valence-electron chi connectivity index (χ2n) is 5.43. The van der Waals surface area contributed by atoms with Crippen molar-refractivity contribution in [1.29, 1.82) is 0 Å². The number of nitrogens with one attached hydrogen (secondary N) is 1. The average molecular weight is 297 g/mol. The Bertz CT molecular complexity index is 608. The van der Waals surface area contributed by atoms with Crippen LogP contribution in [0.3, 0.4) is 0 Å². The second-order valence-corrected chi connectivity index (χ2v) is 5.43. The molecule has 0 aliphatic rings. The van der Waals surface area contributed by atoms with Gasteiger partial charge in [0.05, 0.1) is 6.54 Å². The van der Waals surface area contributed by atoms with Crippen molar-refractivity contribution in [2.45, 2.75) is 26.7 Å². The predicted octanol–water partition coefficient (Wildman–Crippen LogP) is 3.43. The summed E-state index contributed by atoms with van der Waals surface area (Å²) in [5.41, 5.74) is 3.76. The summed E-state index contributed by atoms with van der Waals surface area (Å²) in [6.45, 7) is 5.21. The van der Waals surface area contributed by atoms with Crippen LogP contribution >= 0.6 is 0 Å². The second kappa shape index (κ2) is 8.23. The van der Waals surface area contributed by atoms with Gasteiger partial charge in [-0.15, -0.1) is 0 Å². The van der Waals surface area contributed by atoms with Gasteiger partial charge in [-0.25, -0.2) is 0 Å². The lowest BCUT2D eigenvalue weighted by Crippen LogP contribution is -2.28. The molecular weight excluding hydrogens is 274 g/mol. The molecule has 0 saturated heterocycles. The van der Waals surface area contributed by atoms with E-state index in [2.05, 4.69) is 37.4 Å². The molecule has 0 spiro atoms. The lowest BCUT2D eigenvalue weighted by atomic mass is 10.0. The maximum atomic E-state index is 11.8. The number of amides is 1. The van der Waals surface area contributed by atoms with Crippen molar-refractivity contribution < 1.29 is 9.53 Å². The Labute approximate surface area is 132 Å². The third-order valence-corrected chi connectivity index (χ3v) is 3.65. The van der Waals surface area contributed by atoms with Crippen molar-refractivity contribution in [1.82, 2.24) is 5.32 Å². The monoisotopic (exact) mass is 297 g/mol. The van der Waals surface area contributed by atoms with Gasteiger partial charge < -0.3 is 10.1 Å². The van der Waals surface area contributed by atoms with E-state index in [9.17, 15) is 4.79 Å². The van der Waals surface area contributed by atoms with Crippen LogP contribution in [0, 0.1) is 13.8 Å². The van der Waals surface area contributed by atoms with E-state index in [0.29, 0.717) is 19.6 Å². The standard InChI is InChI=1S/C19H23NO2/c1-15-8-9-17(14-16(15)2)10-11-19(21)20-12-13-22-18-6-4-3-5-7-18/h3-9,14H,10-13H2,1-2H3,(H,20,21). The summed E-state index contributed by atoms with van der Waals surface area (Å²) in [5, 5.41) is 2.89. The average Bonchev–Trinajstić information content (AvgIpc) is 2.54. The number of hydrogen-bond acceptors (Lipinski definition) is 2. The van der Waals surface area contributed by atoms with E-state index < -0.39 is 0 Å². The van der Waals surface area contributed by atoms with Gasteiger partial charge in [0.15, 0.2) is 0 Å². The number of carbonyl (C=O) groups is 1. The molecule has 2 aromatic rings. The van der Waals surface area contributed by atoms with Crippen LogP contribution < -0.4 is 10.1 Å². The van der Waals surface area contributed by atoms with Crippen LogP contribution in [-0.2, 0) is 11.2 Å². The Morgan fingerprint density at radius 2 is 1.82 bits per heavy atom. The Hall–Kier alpha value is -2.29. The summed E-state index contributed by atoms with van der Waals surface area (Å²) < 4.78 is 5.53. The molecule has 0 aliphatic carbocycles. The van der Waals surface area contributed by atoms with E-state index in [-0.39, 0.29) is 5.91 Å². The summed E-state index contributed by atoms with van der Waals surface area (Å²) >= 11 is 0. The SMILES string of the molecule is Cc1ccc(CCC(=O)NCCOc2ccccc2)cc1C. The normalized spacial score (nSPS) is 10.3. The van der Waals surface area contributed by atoms with Crippen LogP contribution in [0.5, 0.6) is 5.75 Å². The Balaban J connectivity index is 1.64. The molecule has 0 saturated carbocycles. The van der Waals surface area contributed by atoms with Crippen molar-refractivity contribution >= 4 is 5.91 Å². The minimum Gasteiger partial charge on any atom is -0.492 e. The molecule has 2 aromatic carbocycles. The molecule has 1 N–H and O–H groups in total. The molecule has 3 nitrogen and oxygen atoms in total. The van der Waals surface area contributed by atoms with Crippen LogP contribution in [0.15, 0.2) is 48.5 Å². The van der Waals surface area contributed by atoms with Gasteiger partial charge in [0, 0.05) is 6.42 Å². The molecule has 0 atom stereocenters. The highest BCUT2D eigenvalue weighted by molar-refractivity contribution is 5.76. The van der Waals surface area contributed by atoms with E-state index in [1.807, 2.05) is 30.3 Å². The maximum absolute atomic E-state index is 11.8. The third kappa shape index (κ3) is 5.24. The van der Waals surface area contributed by atoms with Crippen molar-refractivity contribution in [3.8, 4) is 5.75 Å². The summed E-state index contributed by atoms with van der Waals surface area (Å²) in [7, 11) is 0. The van der Waals surface area contributed by atoms with Gasteiger partial charge in [-0.05, 0) is 49.1 Å². The molecule has 0 fully saturated rings. The fourth-order valence-electron chi connectivity index (χ4n) is 2.18. The van der Waals surface area contributed by atoms with E-state index in [1.165, 1.54) is 16.7 Å². The van der Waals surface area contributed by atoms with E-state index in [4.69, 9.17) is 4.74 Å². The highest BCUT2D eigenvalue weighted by Gasteiger charge is 2.03. The quantitative estimate of drug-likeness (QED) is 0.795. The van der Waals surface area contributed by atoms with Crippen molar-refractivity contribution in [2.75, 3.05) is 13.2 Å². The Morgan fingerprint density at radius 1 is 1.05 bits per heavy atom. The molecule has 3 heteroatoms. The minimum absolute atomic E-state index is 0.0647. The first-order valence-corrected chi connectivity index (χ1v) is 7.66. The number of carbonyl (C=O) groups excluding carboxylic acids is 1. The van der Waals surface area contributed by atoms with Crippen LogP contribution in [0.2, 0.25) is 0 Å². The molecule has 2 rings (SSSR count). The zero-order chi connectivity index (χ0) is 15.8. The summed E-state index contributed by atoms with van der Waals surface area (Å²) in [6, 6.07) is 16.0. The summed E-state index contributed by atoms with van der Waals surface area (Å²) in [4.78, 5) is 11.8. The smallest absolute Gasteiger partial charge is 0.220 e. The van der Waals surface area contributed by atoms with Crippen molar-refractivity contribution in [2.24, 2.45) is 0 Å². The number of benzene rings is 2.